The zero-order valence-corrected chi connectivity index (χ0v) is 20.4. The summed E-state index contributed by atoms with van der Waals surface area (Å²) in [5.41, 5.74) is 3.02. The number of rotatable bonds is 7. The van der Waals surface area contributed by atoms with Crippen LogP contribution in [0.4, 0.5) is 0 Å². The molecular weight excluding hydrogens is 454 g/mol. The summed E-state index contributed by atoms with van der Waals surface area (Å²) in [6.07, 6.45) is 16.6. The van der Waals surface area contributed by atoms with Crippen molar-refractivity contribution in [3.8, 4) is 5.75 Å². The van der Waals surface area contributed by atoms with Gasteiger partial charge in [-0.05, 0) is 34.9 Å². The summed E-state index contributed by atoms with van der Waals surface area (Å²) in [7, 11) is 0. The van der Waals surface area contributed by atoms with Gasteiger partial charge >= 0.3 is 0 Å². The summed E-state index contributed by atoms with van der Waals surface area (Å²) in [6, 6.07) is 35.5. The molecule has 0 N–H and O–H groups in total. The lowest BCUT2D eigenvalue weighted by Gasteiger charge is -2.37. The van der Waals surface area contributed by atoms with Crippen molar-refractivity contribution in [2.45, 2.75) is 17.6 Å². The normalized spacial score (nSPS) is 17.0. The number of allylic oxidation sites excluding steroid dienone is 2. The van der Waals surface area contributed by atoms with E-state index >= 15 is 0 Å². The van der Waals surface area contributed by atoms with E-state index in [1.165, 1.54) is 0 Å². The summed E-state index contributed by atoms with van der Waals surface area (Å²) in [6.45, 7) is 0. The molecule has 0 saturated heterocycles. The van der Waals surface area contributed by atoms with Gasteiger partial charge in [0.2, 0.25) is 0 Å². The maximum absolute atomic E-state index is 6.64. The maximum Gasteiger partial charge on any atom is 0.159 e. The molecule has 2 heterocycles. The van der Waals surface area contributed by atoms with Crippen LogP contribution in [0, 0.1) is 0 Å². The van der Waals surface area contributed by atoms with Crippen molar-refractivity contribution >= 4 is 0 Å². The van der Waals surface area contributed by atoms with E-state index in [4.69, 9.17) is 9.84 Å². The van der Waals surface area contributed by atoms with Crippen LogP contribution in [-0.4, -0.2) is 14.8 Å². The topological polar surface area (TPSA) is 39.9 Å². The van der Waals surface area contributed by atoms with Crippen molar-refractivity contribution in [1.29, 1.82) is 0 Å². The van der Waals surface area contributed by atoms with E-state index < -0.39 is 11.1 Å². The molecule has 3 aromatic carbocycles. The molecule has 180 valence electrons. The van der Waals surface area contributed by atoms with E-state index in [1.807, 2.05) is 24.4 Å². The molecule has 2 aromatic heterocycles. The number of hydrogen-bond acceptors (Lipinski definition) is 3. The van der Waals surface area contributed by atoms with Crippen LogP contribution in [-0.2, 0) is 11.1 Å². The first-order valence-electron chi connectivity index (χ1n) is 12.5. The SMILES string of the molecule is C1=CCC(Oc2ccncc2)(c2cnn(C(c3ccccc3)(c3ccccc3)c3ccccc3)c2)C=C1. The van der Waals surface area contributed by atoms with Crippen LogP contribution in [0.5, 0.6) is 5.75 Å². The van der Waals surface area contributed by atoms with Crippen LogP contribution in [0.2, 0.25) is 0 Å². The predicted molar refractivity (Wildman–Crippen MR) is 146 cm³/mol. The molecular formula is C33H27N3O. The molecule has 0 fully saturated rings. The maximum atomic E-state index is 6.64. The van der Waals surface area contributed by atoms with Crippen molar-refractivity contribution < 1.29 is 4.74 Å². The van der Waals surface area contributed by atoms with E-state index in [2.05, 4.69) is 125 Å². The van der Waals surface area contributed by atoms with E-state index in [1.54, 1.807) is 12.4 Å². The summed E-state index contributed by atoms with van der Waals surface area (Å²) in [5, 5.41) is 5.05. The van der Waals surface area contributed by atoms with Gasteiger partial charge in [0.15, 0.2) is 5.60 Å². The van der Waals surface area contributed by atoms with Gasteiger partial charge < -0.3 is 4.74 Å². The Balaban J connectivity index is 1.57. The summed E-state index contributed by atoms with van der Waals surface area (Å²) < 4.78 is 8.73. The van der Waals surface area contributed by atoms with Gasteiger partial charge in [0.25, 0.3) is 0 Å². The number of benzene rings is 3. The number of hydrogen-bond donors (Lipinski definition) is 0. The molecule has 1 aliphatic carbocycles. The monoisotopic (exact) mass is 481 g/mol. The molecule has 0 amide bonds. The Kier molecular flexibility index (Phi) is 5.99. The predicted octanol–water partition coefficient (Wildman–Crippen LogP) is 6.91. The van der Waals surface area contributed by atoms with Crippen LogP contribution in [0.3, 0.4) is 0 Å². The third-order valence-corrected chi connectivity index (χ3v) is 6.97. The zero-order chi connectivity index (χ0) is 25.0. The molecule has 5 aromatic rings. The molecule has 4 nitrogen and oxygen atoms in total. The highest BCUT2D eigenvalue weighted by Gasteiger charge is 2.41. The first-order valence-corrected chi connectivity index (χ1v) is 12.5. The Bertz CT molecular complexity index is 1410. The van der Waals surface area contributed by atoms with Crippen molar-refractivity contribution in [2.24, 2.45) is 0 Å². The fourth-order valence-electron chi connectivity index (χ4n) is 5.23. The molecule has 0 radical (unpaired) electrons. The molecule has 0 saturated carbocycles. The van der Waals surface area contributed by atoms with E-state index in [0.29, 0.717) is 6.42 Å². The van der Waals surface area contributed by atoms with Gasteiger partial charge in [-0.15, -0.1) is 0 Å². The minimum absolute atomic E-state index is 0.673. The molecule has 0 aliphatic heterocycles. The summed E-state index contributed by atoms with van der Waals surface area (Å²) in [5.74, 6) is 0.767. The highest BCUT2D eigenvalue weighted by Crippen LogP contribution is 2.42. The molecule has 0 bridgehead atoms. The van der Waals surface area contributed by atoms with Gasteiger partial charge in [0, 0.05) is 30.6 Å². The standard InChI is InChI=1S/C33H27N3O/c1-5-13-27(14-6-1)33(28-15-7-2-8-16-28,29-17-9-3-10-18-29)36-26-30(25-35-36)32(21-11-4-12-22-32)37-31-19-23-34-24-20-31/h1-21,23-26H,22H2. The van der Waals surface area contributed by atoms with Crippen molar-refractivity contribution in [1.82, 2.24) is 14.8 Å². The smallest absolute Gasteiger partial charge is 0.159 e. The van der Waals surface area contributed by atoms with Gasteiger partial charge in [0.05, 0.1) is 6.20 Å². The first-order chi connectivity index (χ1) is 18.3. The third kappa shape index (κ3) is 4.07. The second-order valence-corrected chi connectivity index (χ2v) is 9.15. The Morgan fingerprint density at radius 3 is 1.78 bits per heavy atom. The van der Waals surface area contributed by atoms with Crippen molar-refractivity contribution in [3.05, 3.63) is 174 Å². The van der Waals surface area contributed by atoms with E-state index in [0.717, 1.165) is 28.0 Å². The number of aromatic nitrogens is 3. The molecule has 37 heavy (non-hydrogen) atoms. The van der Waals surface area contributed by atoms with Crippen LogP contribution in [0.1, 0.15) is 28.7 Å². The van der Waals surface area contributed by atoms with Crippen LogP contribution in [0.25, 0.3) is 0 Å². The third-order valence-electron chi connectivity index (χ3n) is 6.97. The number of pyridine rings is 1. The molecule has 1 unspecified atom stereocenters. The van der Waals surface area contributed by atoms with Crippen molar-refractivity contribution in [2.75, 3.05) is 0 Å². The molecule has 4 heteroatoms. The van der Waals surface area contributed by atoms with E-state index in [-0.39, 0.29) is 0 Å². The van der Waals surface area contributed by atoms with Gasteiger partial charge in [0.1, 0.15) is 11.3 Å². The molecule has 1 aliphatic rings. The Morgan fingerprint density at radius 2 is 1.27 bits per heavy atom. The lowest BCUT2D eigenvalue weighted by Crippen LogP contribution is -2.38. The van der Waals surface area contributed by atoms with Crippen LogP contribution < -0.4 is 4.74 Å². The number of ether oxygens (including phenoxy) is 1. The van der Waals surface area contributed by atoms with E-state index in [9.17, 15) is 0 Å². The first kappa shape index (κ1) is 22.7. The largest absolute Gasteiger partial charge is 0.478 e. The van der Waals surface area contributed by atoms with Crippen molar-refractivity contribution in [3.63, 3.8) is 0 Å². The lowest BCUT2D eigenvalue weighted by atomic mass is 9.77. The van der Waals surface area contributed by atoms with Crippen LogP contribution in [0.15, 0.2) is 152 Å². The van der Waals surface area contributed by atoms with Gasteiger partial charge in [-0.2, -0.15) is 5.10 Å². The Labute approximate surface area is 217 Å². The number of nitrogens with zero attached hydrogens (tertiary/aromatic N) is 3. The molecule has 0 spiro atoms. The van der Waals surface area contributed by atoms with Gasteiger partial charge in [-0.25, -0.2) is 0 Å². The fraction of sp³-hybridized carbons (Fsp3) is 0.0909. The minimum Gasteiger partial charge on any atom is -0.478 e. The fourth-order valence-corrected chi connectivity index (χ4v) is 5.23. The average molecular weight is 482 g/mol. The molecule has 1 atom stereocenters. The Morgan fingerprint density at radius 1 is 0.703 bits per heavy atom. The zero-order valence-electron chi connectivity index (χ0n) is 20.4. The van der Waals surface area contributed by atoms with Gasteiger partial charge in [-0.3, -0.25) is 9.67 Å². The highest BCUT2D eigenvalue weighted by atomic mass is 16.5. The summed E-state index contributed by atoms with van der Waals surface area (Å²) >= 11 is 0. The van der Waals surface area contributed by atoms with Crippen LogP contribution >= 0.6 is 0 Å². The molecule has 6 rings (SSSR count). The Hall–Kier alpha value is -4.70. The van der Waals surface area contributed by atoms with Gasteiger partial charge in [-0.1, -0.05) is 109 Å². The minimum atomic E-state index is -0.676. The highest BCUT2D eigenvalue weighted by molar-refractivity contribution is 5.50. The second-order valence-electron chi connectivity index (χ2n) is 9.15. The average Bonchev–Trinajstić information content (AvgIpc) is 3.48. The quantitative estimate of drug-likeness (QED) is 0.237. The second kappa shape index (κ2) is 9.75. The lowest BCUT2D eigenvalue weighted by molar-refractivity contribution is 0.121. The summed E-state index contributed by atoms with van der Waals surface area (Å²) in [4.78, 5) is 4.14.